The number of sulfonamides is 1. The molecule has 38 heavy (non-hydrogen) atoms. The van der Waals surface area contributed by atoms with Gasteiger partial charge in [0.25, 0.3) is 0 Å². The van der Waals surface area contributed by atoms with Crippen LogP contribution in [0.4, 0.5) is 28.4 Å². The van der Waals surface area contributed by atoms with E-state index >= 15 is 0 Å². The fourth-order valence-electron chi connectivity index (χ4n) is 3.96. The first-order chi connectivity index (χ1) is 18.1. The molecule has 12 nitrogen and oxygen atoms in total. The molecule has 5 N–H and O–H groups in total. The first-order valence-corrected chi connectivity index (χ1v) is 14.7. The molecule has 3 aromatic rings. The van der Waals surface area contributed by atoms with Crippen molar-refractivity contribution < 1.29 is 23.4 Å². The highest BCUT2D eigenvalue weighted by molar-refractivity contribution is 7.92. The Hall–Kier alpha value is -3.49. The minimum absolute atomic E-state index is 0.0663. The molecule has 0 spiro atoms. The van der Waals surface area contributed by atoms with E-state index in [-0.39, 0.29) is 22.7 Å². The summed E-state index contributed by atoms with van der Waals surface area (Å²) in [6, 6.07) is 8.91. The van der Waals surface area contributed by atoms with Crippen molar-refractivity contribution in [3.63, 3.8) is 0 Å². The van der Waals surface area contributed by atoms with Gasteiger partial charge in [-0.25, -0.2) is 18.2 Å². The molecule has 0 atom stereocenters. The molecule has 0 saturated carbocycles. The van der Waals surface area contributed by atoms with Crippen LogP contribution in [0.15, 0.2) is 30.3 Å². The van der Waals surface area contributed by atoms with Crippen molar-refractivity contribution in [3.05, 3.63) is 46.5 Å². The zero-order valence-corrected chi connectivity index (χ0v) is 22.8. The van der Waals surface area contributed by atoms with Crippen molar-refractivity contribution in [1.29, 1.82) is 0 Å². The van der Waals surface area contributed by atoms with Crippen LogP contribution in [-0.2, 0) is 16.6 Å². The van der Waals surface area contributed by atoms with Crippen molar-refractivity contribution in [2.75, 3.05) is 39.1 Å². The Morgan fingerprint density at radius 1 is 1.16 bits per heavy atom. The number of rotatable bonds is 11. The molecule has 204 valence electrons. The molecule has 1 aliphatic rings. The third kappa shape index (κ3) is 7.30. The van der Waals surface area contributed by atoms with Crippen LogP contribution < -0.4 is 20.3 Å². The van der Waals surface area contributed by atoms with E-state index in [1.165, 1.54) is 0 Å². The van der Waals surface area contributed by atoms with Crippen LogP contribution in [0, 0.1) is 6.92 Å². The summed E-state index contributed by atoms with van der Waals surface area (Å²) in [5.74, 6) is 0.507. The average molecular weight is 562 g/mol. The van der Waals surface area contributed by atoms with Gasteiger partial charge in [0.2, 0.25) is 16.0 Å². The normalized spacial score (nSPS) is 14.3. The summed E-state index contributed by atoms with van der Waals surface area (Å²) in [5.41, 5.74) is 1.83. The molecule has 0 radical (unpaired) electrons. The second-order valence-electron chi connectivity index (χ2n) is 8.99. The Kier molecular flexibility index (Phi) is 8.64. The van der Waals surface area contributed by atoms with Crippen LogP contribution in [0.25, 0.3) is 0 Å². The van der Waals surface area contributed by atoms with Gasteiger partial charge in [-0.3, -0.25) is 10.0 Å². The summed E-state index contributed by atoms with van der Waals surface area (Å²) in [7, 11) is -3.36. The van der Waals surface area contributed by atoms with Gasteiger partial charge in [0, 0.05) is 31.4 Å². The highest BCUT2D eigenvalue weighted by Gasteiger charge is 2.21. The average Bonchev–Trinajstić information content (AvgIpc) is 3.23. The molecular formula is C24H31N7O5S2. The van der Waals surface area contributed by atoms with E-state index in [1.54, 1.807) is 19.1 Å². The Bertz CT molecular complexity index is 1370. The molecular weight excluding hydrogens is 530 g/mol. The zero-order chi connectivity index (χ0) is 27.3. The summed E-state index contributed by atoms with van der Waals surface area (Å²) < 4.78 is 26.6. The summed E-state index contributed by atoms with van der Waals surface area (Å²) in [6.07, 6.45) is 1.48. The third-order valence-electron chi connectivity index (χ3n) is 5.88. The van der Waals surface area contributed by atoms with Crippen LogP contribution in [0.3, 0.4) is 0 Å². The van der Waals surface area contributed by atoms with Crippen molar-refractivity contribution in [2.45, 2.75) is 45.8 Å². The third-order valence-corrected chi connectivity index (χ3v) is 8.44. The van der Waals surface area contributed by atoms with Crippen molar-refractivity contribution >= 4 is 55.7 Å². The lowest BCUT2D eigenvalue weighted by atomic mass is 10.1. The molecule has 3 heterocycles. The number of aromatic carboxylic acids is 1. The monoisotopic (exact) mass is 561 g/mol. The lowest BCUT2D eigenvalue weighted by Gasteiger charge is -2.30. The summed E-state index contributed by atoms with van der Waals surface area (Å²) in [6.45, 7) is 5.16. The number of thiazole rings is 1. The fourth-order valence-corrected chi connectivity index (χ4v) is 5.90. The Morgan fingerprint density at radius 3 is 2.50 bits per heavy atom. The molecule has 0 bridgehead atoms. The number of hydrogen-bond donors (Lipinski definition) is 5. The number of aryl methyl sites for hydroxylation is 1. The minimum Gasteiger partial charge on any atom is -0.477 e. The van der Waals surface area contributed by atoms with Crippen LogP contribution in [0.5, 0.6) is 0 Å². The minimum atomic E-state index is -3.36. The van der Waals surface area contributed by atoms with Gasteiger partial charge in [-0.2, -0.15) is 9.97 Å². The number of piperidine rings is 1. The number of aliphatic hydroxyl groups is 1. The molecule has 1 aliphatic heterocycles. The van der Waals surface area contributed by atoms with Gasteiger partial charge in [-0.1, -0.05) is 30.4 Å². The Balaban J connectivity index is 1.51. The van der Waals surface area contributed by atoms with Crippen LogP contribution in [0.2, 0.25) is 0 Å². The largest absolute Gasteiger partial charge is 0.477 e. The Morgan fingerprint density at radius 2 is 1.87 bits per heavy atom. The quantitative estimate of drug-likeness (QED) is 0.232. The molecule has 1 fully saturated rings. The van der Waals surface area contributed by atoms with E-state index in [4.69, 9.17) is 0 Å². The first-order valence-electron chi connectivity index (χ1n) is 12.2. The van der Waals surface area contributed by atoms with Gasteiger partial charge in [-0.15, -0.1) is 0 Å². The molecule has 0 amide bonds. The number of anilines is 5. The molecule has 1 saturated heterocycles. The zero-order valence-electron chi connectivity index (χ0n) is 21.1. The number of aromatic nitrogens is 3. The van der Waals surface area contributed by atoms with Gasteiger partial charge in [0.1, 0.15) is 16.5 Å². The number of carboxylic acid groups (broad SMARTS) is 1. The lowest BCUT2D eigenvalue weighted by Crippen LogP contribution is -2.36. The van der Waals surface area contributed by atoms with Crippen LogP contribution in [-0.4, -0.2) is 64.5 Å². The van der Waals surface area contributed by atoms with E-state index in [0.29, 0.717) is 67.0 Å². The van der Waals surface area contributed by atoms with Crippen LogP contribution >= 0.6 is 11.3 Å². The van der Waals surface area contributed by atoms with Crippen molar-refractivity contribution in [2.24, 2.45) is 0 Å². The van der Waals surface area contributed by atoms with Gasteiger partial charge < -0.3 is 20.4 Å². The smallest absolute Gasteiger partial charge is 0.347 e. The topological polar surface area (TPSA) is 170 Å². The predicted molar refractivity (Wildman–Crippen MR) is 148 cm³/mol. The van der Waals surface area contributed by atoms with E-state index in [1.807, 2.05) is 25.1 Å². The summed E-state index contributed by atoms with van der Waals surface area (Å²) >= 11 is 1.01. The molecule has 1 aromatic carbocycles. The summed E-state index contributed by atoms with van der Waals surface area (Å²) in [5, 5.41) is 25.9. The Labute approximate surface area is 225 Å². The van der Waals surface area contributed by atoms with E-state index < -0.39 is 16.0 Å². The summed E-state index contributed by atoms with van der Waals surface area (Å²) in [4.78, 5) is 27.1. The highest BCUT2D eigenvalue weighted by Crippen LogP contribution is 2.28. The maximum atomic E-state index is 12.0. The maximum Gasteiger partial charge on any atom is 0.347 e. The standard InChI is InChI=1S/C24H31N7O5S2/c1-3-12-38(35,36)30-17-6-4-16(5-7-17)14-25-19-13-20(31-10-8-18(32)9-11-31)28-23(27-19)29-24-26-15(2)21(37-24)22(33)34/h4-7,13,18,30,32H,3,8-12,14H2,1-2H3,(H,33,34)(H2,25,26,27,28,29). The van der Waals surface area contributed by atoms with Crippen molar-refractivity contribution in [1.82, 2.24) is 15.0 Å². The number of aliphatic hydroxyl groups excluding tert-OH is 1. The SMILES string of the molecule is CCCS(=O)(=O)Nc1ccc(CNc2cc(N3CCC(O)CC3)nc(Nc3nc(C)c(C(=O)O)s3)n2)cc1. The van der Waals surface area contributed by atoms with Crippen LogP contribution in [0.1, 0.15) is 47.1 Å². The number of carboxylic acids is 1. The van der Waals surface area contributed by atoms with E-state index in [9.17, 15) is 23.4 Å². The predicted octanol–water partition coefficient (Wildman–Crippen LogP) is 3.41. The highest BCUT2D eigenvalue weighted by atomic mass is 32.2. The van der Waals surface area contributed by atoms with Crippen molar-refractivity contribution in [3.8, 4) is 0 Å². The number of benzene rings is 1. The maximum absolute atomic E-state index is 12.0. The van der Waals surface area contributed by atoms with Gasteiger partial charge in [0.05, 0.1) is 17.6 Å². The van der Waals surface area contributed by atoms with Gasteiger partial charge >= 0.3 is 5.97 Å². The van der Waals surface area contributed by atoms with E-state index in [0.717, 1.165) is 16.9 Å². The molecule has 0 unspecified atom stereocenters. The molecule has 4 rings (SSSR count). The second kappa shape index (κ2) is 11.9. The molecule has 0 aliphatic carbocycles. The molecule has 14 heteroatoms. The van der Waals surface area contributed by atoms with Gasteiger partial charge in [-0.05, 0) is 43.9 Å². The first kappa shape index (κ1) is 27.5. The fraction of sp³-hybridized carbons (Fsp3) is 0.417. The number of nitrogens with zero attached hydrogens (tertiary/aromatic N) is 4. The lowest BCUT2D eigenvalue weighted by molar-refractivity contribution is 0.0701. The van der Waals surface area contributed by atoms with E-state index in [2.05, 4.69) is 35.2 Å². The number of nitrogens with one attached hydrogen (secondary N) is 3. The molecule has 2 aromatic heterocycles. The number of carbonyl (C=O) groups is 1. The number of hydrogen-bond acceptors (Lipinski definition) is 11. The second-order valence-corrected chi connectivity index (χ2v) is 11.8. The van der Waals surface area contributed by atoms with Gasteiger partial charge in [0.15, 0.2) is 5.13 Å².